The van der Waals surface area contributed by atoms with E-state index in [0.717, 1.165) is 12.8 Å². The highest BCUT2D eigenvalue weighted by Gasteiger charge is 2.52. The molecule has 0 aromatic rings. The van der Waals surface area contributed by atoms with Crippen LogP contribution in [0.2, 0.25) is 0 Å². The van der Waals surface area contributed by atoms with E-state index in [-0.39, 0.29) is 29.6 Å². The van der Waals surface area contributed by atoms with Crippen LogP contribution >= 0.6 is 0 Å². The van der Waals surface area contributed by atoms with Gasteiger partial charge in [0.05, 0.1) is 18.4 Å². The van der Waals surface area contributed by atoms with E-state index in [4.69, 9.17) is 10.5 Å². The average Bonchev–Trinajstić information content (AvgIpc) is 2.26. The molecule has 0 aliphatic heterocycles. The van der Waals surface area contributed by atoms with Crippen LogP contribution in [0.5, 0.6) is 0 Å². The summed E-state index contributed by atoms with van der Waals surface area (Å²) in [4.78, 5) is 24.2. The molecule has 0 heterocycles. The maximum absolute atomic E-state index is 12.2. The van der Waals surface area contributed by atoms with Crippen molar-refractivity contribution in [2.24, 2.45) is 28.4 Å². The van der Waals surface area contributed by atoms with Crippen molar-refractivity contribution < 1.29 is 14.3 Å². The fourth-order valence-electron chi connectivity index (χ4n) is 3.89. The Morgan fingerprint density at radius 2 is 1.95 bits per heavy atom. The first kappa shape index (κ1) is 17.0. The minimum Gasteiger partial charge on any atom is -0.466 e. The molecule has 1 aliphatic rings. The summed E-state index contributed by atoms with van der Waals surface area (Å²) in [6.45, 7) is 10.6. The van der Waals surface area contributed by atoms with Gasteiger partial charge in [-0.3, -0.25) is 9.59 Å². The summed E-state index contributed by atoms with van der Waals surface area (Å²) >= 11 is 0. The average molecular weight is 283 g/mol. The predicted molar refractivity (Wildman–Crippen MR) is 78.8 cm³/mol. The molecular weight excluding hydrogens is 254 g/mol. The number of esters is 1. The molecule has 116 valence electrons. The van der Waals surface area contributed by atoms with Gasteiger partial charge in [-0.25, -0.2) is 0 Å². The van der Waals surface area contributed by atoms with Crippen LogP contribution in [0, 0.1) is 22.7 Å². The monoisotopic (exact) mass is 283 g/mol. The lowest BCUT2D eigenvalue weighted by Crippen LogP contribution is -2.52. The molecule has 2 N–H and O–H groups in total. The second-order valence-corrected chi connectivity index (χ2v) is 7.23. The third-order valence-corrected chi connectivity index (χ3v) is 4.70. The third kappa shape index (κ3) is 3.53. The number of hydrogen-bond acceptors (Lipinski definition) is 3. The number of carbonyl (C=O) groups excluding carboxylic acids is 2. The molecule has 1 fully saturated rings. The van der Waals surface area contributed by atoms with Gasteiger partial charge in [0.25, 0.3) is 0 Å². The van der Waals surface area contributed by atoms with Gasteiger partial charge in [0, 0.05) is 0 Å². The summed E-state index contributed by atoms with van der Waals surface area (Å²) in [6.07, 6.45) is 2.78. The molecule has 1 saturated carbocycles. The smallest absolute Gasteiger partial charge is 0.306 e. The highest BCUT2D eigenvalue weighted by molar-refractivity contribution is 5.86. The molecule has 4 heteroatoms. The van der Waals surface area contributed by atoms with Crippen molar-refractivity contribution in [3.05, 3.63) is 0 Å². The van der Waals surface area contributed by atoms with Crippen LogP contribution in [0.3, 0.4) is 0 Å². The third-order valence-electron chi connectivity index (χ3n) is 4.70. The second kappa shape index (κ2) is 6.15. The van der Waals surface area contributed by atoms with Crippen molar-refractivity contribution in [1.29, 1.82) is 0 Å². The zero-order chi connectivity index (χ0) is 15.6. The first-order valence-electron chi connectivity index (χ1n) is 7.60. The summed E-state index contributed by atoms with van der Waals surface area (Å²) in [5.41, 5.74) is 5.02. The zero-order valence-corrected chi connectivity index (χ0v) is 13.5. The Hall–Kier alpha value is -1.06. The topological polar surface area (TPSA) is 69.4 Å². The summed E-state index contributed by atoms with van der Waals surface area (Å²) in [6, 6.07) is 0. The van der Waals surface area contributed by atoms with Crippen molar-refractivity contribution in [3.63, 3.8) is 0 Å². The highest BCUT2D eigenvalue weighted by atomic mass is 16.5. The number of rotatable bonds is 5. The fraction of sp³-hybridized carbons (Fsp3) is 0.875. The molecule has 0 saturated heterocycles. The quantitative estimate of drug-likeness (QED) is 0.789. The SMILES string of the molecule is CCOC(=O)CC1(C(N)=O)CC(C)(C)CCC1C(C)C. The summed E-state index contributed by atoms with van der Waals surface area (Å²) in [7, 11) is 0. The first-order valence-corrected chi connectivity index (χ1v) is 7.60. The van der Waals surface area contributed by atoms with Gasteiger partial charge in [-0.2, -0.15) is 0 Å². The summed E-state index contributed by atoms with van der Waals surface area (Å²) in [5, 5.41) is 0. The number of hydrogen-bond donors (Lipinski definition) is 1. The number of ether oxygens (including phenoxy) is 1. The standard InChI is InChI=1S/C16H29NO3/c1-6-20-13(18)9-16(14(17)19)10-15(4,5)8-7-12(16)11(2)3/h11-12H,6-10H2,1-5H3,(H2,17,19). The maximum atomic E-state index is 12.2. The molecule has 1 aliphatic carbocycles. The van der Waals surface area contributed by atoms with Gasteiger partial charge in [0.1, 0.15) is 0 Å². The Morgan fingerprint density at radius 1 is 1.35 bits per heavy atom. The molecule has 0 radical (unpaired) electrons. The minimum absolute atomic E-state index is 0.0346. The van der Waals surface area contributed by atoms with E-state index in [1.165, 1.54) is 0 Å². The lowest BCUT2D eigenvalue weighted by Gasteiger charge is -2.49. The highest BCUT2D eigenvalue weighted by Crippen LogP contribution is 2.53. The van der Waals surface area contributed by atoms with Gasteiger partial charge in [-0.1, -0.05) is 27.7 Å². The largest absolute Gasteiger partial charge is 0.466 e. The van der Waals surface area contributed by atoms with E-state index in [1.54, 1.807) is 6.92 Å². The molecular formula is C16H29NO3. The van der Waals surface area contributed by atoms with E-state index >= 15 is 0 Å². The molecule has 0 bridgehead atoms. The molecule has 1 amide bonds. The molecule has 4 nitrogen and oxygen atoms in total. The van der Waals surface area contributed by atoms with E-state index in [1.807, 2.05) is 0 Å². The van der Waals surface area contributed by atoms with Crippen LogP contribution in [0.4, 0.5) is 0 Å². The van der Waals surface area contributed by atoms with Crippen molar-refractivity contribution in [3.8, 4) is 0 Å². The molecule has 2 unspecified atom stereocenters. The number of carbonyl (C=O) groups is 2. The van der Waals surface area contributed by atoms with Gasteiger partial charge < -0.3 is 10.5 Å². The van der Waals surface area contributed by atoms with Gasteiger partial charge in [0.2, 0.25) is 5.91 Å². The van der Waals surface area contributed by atoms with Gasteiger partial charge in [0.15, 0.2) is 0 Å². The van der Waals surface area contributed by atoms with E-state index in [0.29, 0.717) is 18.9 Å². The van der Waals surface area contributed by atoms with Crippen LogP contribution in [-0.2, 0) is 14.3 Å². The number of nitrogens with two attached hydrogens (primary N) is 1. The molecule has 0 spiro atoms. The van der Waals surface area contributed by atoms with E-state index in [2.05, 4.69) is 27.7 Å². The Kier molecular flexibility index (Phi) is 5.22. The second-order valence-electron chi connectivity index (χ2n) is 7.23. The van der Waals surface area contributed by atoms with Crippen LogP contribution in [0.25, 0.3) is 0 Å². The van der Waals surface area contributed by atoms with E-state index in [9.17, 15) is 9.59 Å². The van der Waals surface area contributed by atoms with Gasteiger partial charge >= 0.3 is 5.97 Å². The fourth-order valence-corrected chi connectivity index (χ4v) is 3.89. The first-order chi connectivity index (χ1) is 9.14. The molecule has 2 atom stereocenters. The van der Waals surface area contributed by atoms with Crippen molar-refractivity contribution in [2.75, 3.05) is 6.61 Å². The van der Waals surface area contributed by atoms with Crippen LogP contribution in [0.15, 0.2) is 0 Å². The van der Waals surface area contributed by atoms with Crippen LogP contribution in [-0.4, -0.2) is 18.5 Å². The summed E-state index contributed by atoms with van der Waals surface area (Å²) < 4.78 is 5.07. The number of amides is 1. The molecule has 20 heavy (non-hydrogen) atoms. The Bertz CT molecular complexity index is 376. The number of primary amides is 1. The Morgan fingerprint density at radius 3 is 2.40 bits per heavy atom. The lowest BCUT2D eigenvalue weighted by molar-refractivity contribution is -0.157. The Balaban J connectivity index is 3.13. The van der Waals surface area contributed by atoms with Gasteiger partial charge in [-0.05, 0) is 43.4 Å². The van der Waals surface area contributed by atoms with Crippen LogP contribution in [0.1, 0.15) is 60.3 Å². The van der Waals surface area contributed by atoms with Crippen molar-refractivity contribution >= 4 is 11.9 Å². The molecule has 1 rings (SSSR count). The van der Waals surface area contributed by atoms with Crippen molar-refractivity contribution in [1.82, 2.24) is 0 Å². The minimum atomic E-state index is -0.762. The van der Waals surface area contributed by atoms with Crippen molar-refractivity contribution in [2.45, 2.75) is 60.3 Å². The normalized spacial score (nSPS) is 29.2. The molecule has 0 aromatic carbocycles. The molecule has 0 aromatic heterocycles. The zero-order valence-electron chi connectivity index (χ0n) is 13.5. The van der Waals surface area contributed by atoms with Crippen LogP contribution < -0.4 is 5.73 Å². The summed E-state index contributed by atoms with van der Waals surface area (Å²) in [5.74, 6) is -0.183. The predicted octanol–water partition coefficient (Wildman–Crippen LogP) is 2.89. The van der Waals surface area contributed by atoms with E-state index < -0.39 is 5.41 Å². The van der Waals surface area contributed by atoms with Gasteiger partial charge in [-0.15, -0.1) is 0 Å². The maximum Gasteiger partial charge on any atom is 0.306 e. The lowest BCUT2D eigenvalue weighted by atomic mass is 9.54. The Labute approximate surface area is 122 Å².